The van der Waals surface area contributed by atoms with E-state index in [0.717, 1.165) is 0 Å². The smallest absolute Gasteiger partial charge is 0.171 e. The number of hydrogen-bond acceptors (Lipinski definition) is 1. The normalized spacial score (nSPS) is 12.0. The maximum Gasteiger partial charge on any atom is 0.171 e. The van der Waals surface area contributed by atoms with E-state index < -0.39 is 0 Å². The van der Waals surface area contributed by atoms with E-state index in [-0.39, 0.29) is 11.9 Å². The fourth-order valence-electron chi connectivity index (χ4n) is 2.41. The molecule has 2 N–H and O–H groups in total. The van der Waals surface area contributed by atoms with Gasteiger partial charge in [-0.25, -0.2) is 4.39 Å². The lowest BCUT2D eigenvalue weighted by Gasteiger charge is -2.26. The van der Waals surface area contributed by atoms with Crippen LogP contribution >= 0.6 is 12.2 Å². The van der Waals surface area contributed by atoms with Gasteiger partial charge in [-0.15, -0.1) is 0 Å². The molecule has 0 bridgehead atoms. The molecule has 2 aromatic rings. The Bertz CT molecular complexity index is 655. The average molecular weight is 316 g/mol. The van der Waals surface area contributed by atoms with Crippen molar-refractivity contribution in [3.05, 3.63) is 65.5 Å². The first-order valence-corrected chi connectivity index (χ1v) is 7.77. The number of rotatable bonds is 4. The van der Waals surface area contributed by atoms with Crippen molar-refractivity contribution in [2.24, 2.45) is 5.92 Å². The summed E-state index contributed by atoms with van der Waals surface area (Å²) >= 11 is 5.37. The minimum Gasteiger partial charge on any atom is -0.355 e. The third-order valence-corrected chi connectivity index (χ3v) is 3.78. The van der Waals surface area contributed by atoms with Gasteiger partial charge in [-0.3, -0.25) is 0 Å². The topological polar surface area (TPSA) is 24.1 Å². The highest BCUT2D eigenvalue weighted by Crippen LogP contribution is 2.24. The van der Waals surface area contributed by atoms with Crippen LogP contribution in [0.15, 0.2) is 48.5 Å². The molecule has 0 amide bonds. The van der Waals surface area contributed by atoms with E-state index in [4.69, 9.17) is 12.2 Å². The molecule has 0 saturated carbocycles. The summed E-state index contributed by atoms with van der Waals surface area (Å²) in [6.07, 6.45) is 0. The zero-order valence-electron chi connectivity index (χ0n) is 13.1. The number of hydrogen-bond donors (Lipinski definition) is 2. The number of anilines is 1. The molecule has 4 heteroatoms. The molecule has 2 nitrogen and oxygen atoms in total. The molecule has 0 spiro atoms. The van der Waals surface area contributed by atoms with Gasteiger partial charge in [-0.2, -0.15) is 0 Å². The quantitative estimate of drug-likeness (QED) is 0.791. The Kier molecular flexibility index (Phi) is 5.50. The number of benzene rings is 2. The highest BCUT2D eigenvalue weighted by atomic mass is 32.1. The minimum atomic E-state index is -0.285. The summed E-state index contributed by atoms with van der Waals surface area (Å²) in [6, 6.07) is 14.6. The highest BCUT2D eigenvalue weighted by molar-refractivity contribution is 7.80. The fraction of sp³-hybridized carbons (Fsp3) is 0.278. The van der Waals surface area contributed by atoms with Gasteiger partial charge in [0.15, 0.2) is 5.11 Å². The Morgan fingerprint density at radius 2 is 1.82 bits per heavy atom. The van der Waals surface area contributed by atoms with E-state index in [0.29, 0.717) is 16.7 Å². The zero-order chi connectivity index (χ0) is 16.1. The fourth-order valence-corrected chi connectivity index (χ4v) is 2.66. The number of aryl methyl sites for hydroxylation is 1. The standard InChI is InChI=1S/C18H21FN2S/c1-12(2)17(16-10-5-4-7-13(16)3)21-18(22)20-15-9-6-8-14(19)11-15/h4-12,17H,1-3H3,(H2,20,21,22). The summed E-state index contributed by atoms with van der Waals surface area (Å²) in [5, 5.41) is 6.87. The van der Waals surface area contributed by atoms with Crippen LogP contribution in [0.1, 0.15) is 31.0 Å². The largest absolute Gasteiger partial charge is 0.355 e. The van der Waals surface area contributed by atoms with Gasteiger partial charge < -0.3 is 10.6 Å². The zero-order valence-corrected chi connectivity index (χ0v) is 13.9. The van der Waals surface area contributed by atoms with E-state index in [9.17, 15) is 4.39 Å². The number of thiocarbonyl (C=S) groups is 1. The Balaban J connectivity index is 2.11. The third kappa shape index (κ3) is 4.28. The van der Waals surface area contributed by atoms with Crippen LogP contribution in [0.4, 0.5) is 10.1 Å². The molecule has 0 aromatic heterocycles. The molecule has 0 radical (unpaired) electrons. The molecule has 0 saturated heterocycles. The Morgan fingerprint density at radius 1 is 1.09 bits per heavy atom. The van der Waals surface area contributed by atoms with Gasteiger partial charge >= 0.3 is 0 Å². The lowest BCUT2D eigenvalue weighted by atomic mass is 9.93. The van der Waals surface area contributed by atoms with Crippen LogP contribution in [0.5, 0.6) is 0 Å². The highest BCUT2D eigenvalue weighted by Gasteiger charge is 2.18. The van der Waals surface area contributed by atoms with E-state index in [1.54, 1.807) is 12.1 Å². The van der Waals surface area contributed by atoms with Gasteiger partial charge in [-0.05, 0) is 54.4 Å². The van der Waals surface area contributed by atoms with E-state index in [1.165, 1.54) is 23.3 Å². The van der Waals surface area contributed by atoms with Crippen molar-refractivity contribution in [2.45, 2.75) is 26.8 Å². The predicted molar refractivity (Wildman–Crippen MR) is 94.5 cm³/mol. The minimum absolute atomic E-state index is 0.106. The molecule has 22 heavy (non-hydrogen) atoms. The van der Waals surface area contributed by atoms with Gasteiger partial charge in [0.25, 0.3) is 0 Å². The summed E-state index contributed by atoms with van der Waals surface area (Å²) in [6.45, 7) is 6.39. The molecule has 0 aliphatic carbocycles. The molecular formula is C18H21FN2S. The summed E-state index contributed by atoms with van der Waals surface area (Å²) in [5.41, 5.74) is 3.09. The van der Waals surface area contributed by atoms with Crippen molar-refractivity contribution in [3.63, 3.8) is 0 Å². The molecule has 1 atom stereocenters. The summed E-state index contributed by atoms with van der Waals surface area (Å²) < 4.78 is 13.2. The molecule has 0 aliphatic heterocycles. The van der Waals surface area contributed by atoms with Crippen LogP contribution in [-0.4, -0.2) is 5.11 Å². The van der Waals surface area contributed by atoms with Crippen LogP contribution in [0, 0.1) is 18.7 Å². The van der Waals surface area contributed by atoms with Gasteiger partial charge in [0.1, 0.15) is 5.82 Å². The van der Waals surface area contributed by atoms with Crippen LogP contribution in [0.25, 0.3) is 0 Å². The SMILES string of the molecule is Cc1ccccc1C(NC(=S)Nc1cccc(F)c1)C(C)C. The predicted octanol–water partition coefficient (Wildman–Crippen LogP) is 4.82. The van der Waals surface area contributed by atoms with Crippen molar-refractivity contribution >= 4 is 23.0 Å². The first-order valence-electron chi connectivity index (χ1n) is 7.36. The maximum absolute atomic E-state index is 13.2. The van der Waals surface area contributed by atoms with Crippen LogP contribution in [0.2, 0.25) is 0 Å². The van der Waals surface area contributed by atoms with Gasteiger partial charge in [0.05, 0.1) is 6.04 Å². The molecule has 0 aliphatic rings. The van der Waals surface area contributed by atoms with Crippen molar-refractivity contribution < 1.29 is 4.39 Å². The van der Waals surface area contributed by atoms with Gasteiger partial charge in [0.2, 0.25) is 0 Å². The first kappa shape index (κ1) is 16.4. The molecular weight excluding hydrogens is 295 g/mol. The number of nitrogens with one attached hydrogen (secondary N) is 2. The third-order valence-electron chi connectivity index (χ3n) is 3.56. The van der Waals surface area contributed by atoms with E-state index in [1.807, 2.05) is 12.1 Å². The van der Waals surface area contributed by atoms with Gasteiger partial charge in [-0.1, -0.05) is 44.2 Å². The lowest BCUT2D eigenvalue weighted by molar-refractivity contribution is 0.471. The monoisotopic (exact) mass is 316 g/mol. The molecule has 2 rings (SSSR count). The Hall–Kier alpha value is -1.94. The summed E-state index contributed by atoms with van der Waals surface area (Å²) in [7, 11) is 0. The molecule has 1 unspecified atom stereocenters. The first-order chi connectivity index (χ1) is 10.5. The second kappa shape index (κ2) is 7.36. The lowest BCUT2D eigenvalue weighted by Crippen LogP contribution is -2.35. The Labute approximate surface area is 136 Å². The Morgan fingerprint density at radius 3 is 2.45 bits per heavy atom. The summed E-state index contributed by atoms with van der Waals surface area (Å²) in [5.74, 6) is 0.0838. The average Bonchev–Trinajstić information content (AvgIpc) is 2.45. The van der Waals surface area contributed by atoms with E-state index >= 15 is 0 Å². The maximum atomic E-state index is 13.2. The van der Waals surface area contributed by atoms with Crippen molar-refractivity contribution in [1.82, 2.24) is 5.32 Å². The van der Waals surface area contributed by atoms with Crippen LogP contribution < -0.4 is 10.6 Å². The van der Waals surface area contributed by atoms with Crippen LogP contribution in [-0.2, 0) is 0 Å². The molecule has 116 valence electrons. The van der Waals surface area contributed by atoms with E-state index in [2.05, 4.69) is 43.5 Å². The molecule has 0 heterocycles. The van der Waals surface area contributed by atoms with Crippen molar-refractivity contribution in [1.29, 1.82) is 0 Å². The van der Waals surface area contributed by atoms with Gasteiger partial charge in [0, 0.05) is 5.69 Å². The van der Waals surface area contributed by atoms with Crippen LogP contribution in [0.3, 0.4) is 0 Å². The molecule has 0 fully saturated rings. The molecule has 2 aromatic carbocycles. The second-order valence-electron chi connectivity index (χ2n) is 5.69. The number of halogens is 1. The summed E-state index contributed by atoms with van der Waals surface area (Å²) in [4.78, 5) is 0. The van der Waals surface area contributed by atoms with Crippen molar-refractivity contribution in [2.75, 3.05) is 5.32 Å². The second-order valence-corrected chi connectivity index (χ2v) is 6.10. The van der Waals surface area contributed by atoms with Crippen molar-refractivity contribution in [3.8, 4) is 0 Å².